The number of carbonyl (C=O) groups excluding carboxylic acids is 2. The fourth-order valence-corrected chi connectivity index (χ4v) is 5.10. The third-order valence-corrected chi connectivity index (χ3v) is 6.68. The van der Waals surface area contributed by atoms with Crippen molar-refractivity contribution in [2.24, 2.45) is 0 Å². The maximum absolute atomic E-state index is 13.3. The number of aryl methyl sites for hydroxylation is 1. The normalized spacial score (nSPS) is 17.6. The lowest BCUT2D eigenvalue weighted by Crippen LogP contribution is -2.29. The molecule has 1 aliphatic rings. The molecular formula is C26H20N2O4S. The van der Waals surface area contributed by atoms with Gasteiger partial charge in [0.25, 0.3) is 5.78 Å². The quantitative estimate of drug-likeness (QED) is 0.258. The molecule has 0 bridgehead atoms. The van der Waals surface area contributed by atoms with E-state index in [0.29, 0.717) is 22.0 Å². The number of benzene rings is 3. The molecule has 0 saturated carbocycles. The van der Waals surface area contributed by atoms with Crippen molar-refractivity contribution in [2.45, 2.75) is 13.0 Å². The van der Waals surface area contributed by atoms with Gasteiger partial charge in [-0.05, 0) is 42.3 Å². The van der Waals surface area contributed by atoms with Crippen molar-refractivity contribution in [3.63, 3.8) is 0 Å². The number of hydrogen-bond donors (Lipinski definition) is 1. The second-order valence-electron chi connectivity index (χ2n) is 7.78. The first-order valence-electron chi connectivity index (χ1n) is 10.4. The first-order valence-corrected chi connectivity index (χ1v) is 11.2. The number of anilines is 1. The molecule has 0 spiro atoms. The van der Waals surface area contributed by atoms with Gasteiger partial charge >= 0.3 is 5.91 Å². The molecule has 7 heteroatoms. The smallest absolute Gasteiger partial charge is 0.301 e. The minimum atomic E-state index is -0.822. The Labute approximate surface area is 194 Å². The first kappa shape index (κ1) is 20.9. The van der Waals surface area contributed by atoms with Gasteiger partial charge in [-0.2, -0.15) is 0 Å². The number of amides is 1. The van der Waals surface area contributed by atoms with Gasteiger partial charge in [0.05, 0.1) is 28.9 Å². The van der Waals surface area contributed by atoms with E-state index in [1.807, 2.05) is 31.2 Å². The van der Waals surface area contributed by atoms with Crippen LogP contribution in [0.1, 0.15) is 22.7 Å². The fourth-order valence-electron chi connectivity index (χ4n) is 4.01. The van der Waals surface area contributed by atoms with Gasteiger partial charge in [-0.3, -0.25) is 14.5 Å². The lowest BCUT2D eigenvalue weighted by atomic mass is 9.95. The highest BCUT2D eigenvalue weighted by molar-refractivity contribution is 7.22. The second kappa shape index (κ2) is 8.18. The molecule has 1 saturated heterocycles. The lowest BCUT2D eigenvalue weighted by Gasteiger charge is -2.23. The van der Waals surface area contributed by atoms with Crippen LogP contribution in [0, 0.1) is 6.92 Å². The summed E-state index contributed by atoms with van der Waals surface area (Å²) in [6.07, 6.45) is 0. The highest BCUT2D eigenvalue weighted by Crippen LogP contribution is 2.44. The number of thiazole rings is 1. The van der Waals surface area contributed by atoms with Crippen LogP contribution in [0.15, 0.2) is 78.4 Å². The molecule has 3 aromatic carbocycles. The van der Waals surface area contributed by atoms with Gasteiger partial charge in [-0.1, -0.05) is 59.9 Å². The van der Waals surface area contributed by atoms with Gasteiger partial charge < -0.3 is 9.84 Å². The third-order valence-electron chi connectivity index (χ3n) is 5.66. The topological polar surface area (TPSA) is 79.7 Å². The van der Waals surface area contributed by atoms with Crippen LogP contribution < -0.4 is 9.64 Å². The van der Waals surface area contributed by atoms with E-state index >= 15 is 0 Å². The number of aliphatic hydroxyl groups excluding tert-OH is 1. The molecule has 5 rings (SSSR count). The molecule has 1 aliphatic heterocycles. The number of nitrogens with zero attached hydrogens (tertiary/aromatic N) is 2. The number of aliphatic hydroxyl groups is 1. The Hall–Kier alpha value is -3.97. The molecule has 2 heterocycles. The van der Waals surface area contributed by atoms with Crippen molar-refractivity contribution in [1.82, 2.24) is 4.98 Å². The lowest BCUT2D eigenvalue weighted by molar-refractivity contribution is -0.132. The minimum absolute atomic E-state index is 0.0341. The van der Waals surface area contributed by atoms with Gasteiger partial charge in [0, 0.05) is 5.56 Å². The van der Waals surface area contributed by atoms with Crippen molar-refractivity contribution in [3.05, 3.63) is 95.1 Å². The summed E-state index contributed by atoms with van der Waals surface area (Å²) in [5.74, 6) is -1.03. The van der Waals surface area contributed by atoms with Crippen LogP contribution in [0.4, 0.5) is 5.13 Å². The summed E-state index contributed by atoms with van der Waals surface area (Å²) in [7, 11) is 1.57. The molecular weight excluding hydrogens is 436 g/mol. The summed E-state index contributed by atoms with van der Waals surface area (Å²) in [6, 6.07) is 20.9. The van der Waals surface area contributed by atoms with Crippen molar-refractivity contribution >= 4 is 44.1 Å². The highest BCUT2D eigenvalue weighted by atomic mass is 32.1. The Balaban J connectivity index is 1.72. The number of rotatable bonds is 4. The Bertz CT molecular complexity index is 1410. The summed E-state index contributed by atoms with van der Waals surface area (Å²) in [5.41, 5.74) is 3.00. The molecule has 1 aromatic heterocycles. The Kier molecular flexibility index (Phi) is 5.18. The fraction of sp³-hybridized carbons (Fsp3) is 0.115. The molecule has 1 atom stereocenters. The molecule has 4 aromatic rings. The number of ether oxygens (including phenoxy) is 1. The standard InChI is InChI=1S/C26H20N2O4S/c1-15-8-13-19-20(14-15)33-26(27-19)28-22(16-9-11-18(32-2)12-10-16)21(24(30)25(28)31)23(29)17-6-4-3-5-7-17/h3-14,22,29H,1-2H3/t22-/m0/s1. The molecule has 1 fully saturated rings. The molecule has 0 unspecified atom stereocenters. The van der Waals surface area contributed by atoms with Crippen LogP contribution in [-0.4, -0.2) is 28.9 Å². The van der Waals surface area contributed by atoms with Crippen LogP contribution in [0.3, 0.4) is 0 Å². The molecule has 0 aliphatic carbocycles. The zero-order chi connectivity index (χ0) is 23.1. The van der Waals surface area contributed by atoms with Gasteiger partial charge in [0.15, 0.2) is 5.13 Å². The first-order chi connectivity index (χ1) is 16.0. The SMILES string of the molecule is COc1ccc([C@H]2C(=C(O)c3ccccc3)C(=O)C(=O)N2c2nc3ccc(C)cc3s2)cc1. The van der Waals surface area contributed by atoms with Gasteiger partial charge in [-0.15, -0.1) is 0 Å². The van der Waals surface area contributed by atoms with Crippen LogP contribution in [0.2, 0.25) is 0 Å². The number of carbonyl (C=O) groups is 2. The second-order valence-corrected chi connectivity index (χ2v) is 8.79. The predicted octanol–water partition coefficient (Wildman–Crippen LogP) is 5.24. The number of Topliss-reactive ketones (excluding diaryl/α,β-unsaturated/α-hetero) is 1. The molecule has 1 amide bonds. The number of hydrogen-bond acceptors (Lipinski definition) is 6. The van der Waals surface area contributed by atoms with Crippen molar-refractivity contribution in [2.75, 3.05) is 12.0 Å². The Morgan fingerprint density at radius 3 is 2.45 bits per heavy atom. The van der Waals surface area contributed by atoms with E-state index in [1.54, 1.807) is 55.6 Å². The van der Waals surface area contributed by atoms with Crippen LogP contribution >= 0.6 is 11.3 Å². The zero-order valence-corrected chi connectivity index (χ0v) is 18.8. The largest absolute Gasteiger partial charge is 0.507 e. The number of fused-ring (bicyclic) bond motifs is 1. The van der Waals surface area contributed by atoms with Crippen LogP contribution in [0.5, 0.6) is 5.75 Å². The van der Waals surface area contributed by atoms with Crippen molar-refractivity contribution in [3.8, 4) is 5.75 Å². The Morgan fingerprint density at radius 2 is 1.76 bits per heavy atom. The highest BCUT2D eigenvalue weighted by Gasteiger charge is 2.48. The van der Waals surface area contributed by atoms with Crippen LogP contribution in [0.25, 0.3) is 16.0 Å². The summed E-state index contributed by atoms with van der Waals surface area (Å²) in [6.45, 7) is 1.99. The molecule has 6 nitrogen and oxygen atoms in total. The predicted molar refractivity (Wildman–Crippen MR) is 129 cm³/mol. The van der Waals surface area contributed by atoms with Crippen LogP contribution in [-0.2, 0) is 9.59 Å². The Morgan fingerprint density at radius 1 is 1.03 bits per heavy atom. The van der Waals surface area contributed by atoms with Gasteiger partial charge in [0.1, 0.15) is 11.5 Å². The zero-order valence-electron chi connectivity index (χ0n) is 18.0. The minimum Gasteiger partial charge on any atom is -0.507 e. The van der Waals surface area contributed by atoms with E-state index in [2.05, 4.69) is 4.98 Å². The van der Waals surface area contributed by atoms with E-state index in [-0.39, 0.29) is 11.3 Å². The molecule has 33 heavy (non-hydrogen) atoms. The van der Waals surface area contributed by atoms with E-state index in [1.165, 1.54) is 16.2 Å². The monoisotopic (exact) mass is 456 g/mol. The summed E-state index contributed by atoms with van der Waals surface area (Å²) in [5, 5.41) is 11.5. The average Bonchev–Trinajstić information content (AvgIpc) is 3.37. The van der Waals surface area contributed by atoms with Crippen molar-refractivity contribution in [1.29, 1.82) is 0 Å². The maximum atomic E-state index is 13.3. The van der Waals surface area contributed by atoms with Gasteiger partial charge in [0.2, 0.25) is 0 Å². The average molecular weight is 457 g/mol. The van der Waals surface area contributed by atoms with Gasteiger partial charge in [-0.25, -0.2) is 4.98 Å². The summed E-state index contributed by atoms with van der Waals surface area (Å²) in [4.78, 5) is 32.5. The van der Waals surface area contributed by atoms with E-state index in [0.717, 1.165) is 15.8 Å². The maximum Gasteiger partial charge on any atom is 0.301 e. The van der Waals surface area contributed by atoms with E-state index in [9.17, 15) is 14.7 Å². The molecule has 1 N–H and O–H groups in total. The van der Waals surface area contributed by atoms with E-state index in [4.69, 9.17) is 4.74 Å². The molecule has 164 valence electrons. The number of methoxy groups -OCH3 is 1. The summed E-state index contributed by atoms with van der Waals surface area (Å²) < 4.78 is 6.18. The van der Waals surface area contributed by atoms with E-state index < -0.39 is 17.7 Å². The summed E-state index contributed by atoms with van der Waals surface area (Å²) >= 11 is 1.34. The van der Waals surface area contributed by atoms with Crippen molar-refractivity contribution < 1.29 is 19.4 Å². The third kappa shape index (κ3) is 3.56. The molecule has 0 radical (unpaired) electrons. The number of ketones is 1. The number of aromatic nitrogens is 1.